The summed E-state index contributed by atoms with van der Waals surface area (Å²) in [4.78, 5) is 15.9. The van der Waals surface area contributed by atoms with Gasteiger partial charge in [-0.15, -0.1) is 0 Å². The minimum Gasteiger partial charge on any atom is -0.484 e. The van der Waals surface area contributed by atoms with Crippen molar-refractivity contribution in [1.29, 1.82) is 0 Å². The first-order valence-electron chi connectivity index (χ1n) is 6.76. The van der Waals surface area contributed by atoms with Gasteiger partial charge in [0.05, 0.1) is 10.9 Å². The van der Waals surface area contributed by atoms with Crippen LogP contribution in [0.4, 0.5) is 10.1 Å². The van der Waals surface area contributed by atoms with E-state index >= 15 is 0 Å². The van der Waals surface area contributed by atoms with Crippen LogP contribution in [-0.2, 0) is 11.4 Å². The van der Waals surface area contributed by atoms with Gasteiger partial charge >= 0.3 is 0 Å². The monoisotopic (exact) mass is 320 g/mol. The number of amides is 1. The van der Waals surface area contributed by atoms with Crippen molar-refractivity contribution in [3.05, 3.63) is 54.1 Å². The van der Waals surface area contributed by atoms with Crippen LogP contribution in [-0.4, -0.2) is 22.4 Å². The van der Waals surface area contributed by atoms with E-state index in [1.807, 2.05) is 12.3 Å². The second kappa shape index (κ2) is 7.79. The predicted molar refractivity (Wildman–Crippen MR) is 86.6 cm³/mol. The van der Waals surface area contributed by atoms with Gasteiger partial charge in [-0.1, -0.05) is 6.07 Å². The number of hydrogen-bond acceptors (Lipinski definition) is 4. The van der Waals surface area contributed by atoms with E-state index in [4.69, 9.17) is 4.74 Å². The van der Waals surface area contributed by atoms with Crippen molar-refractivity contribution in [1.82, 2.24) is 4.98 Å². The third-order valence-electron chi connectivity index (χ3n) is 3.02. The van der Waals surface area contributed by atoms with Crippen molar-refractivity contribution < 1.29 is 13.9 Å². The molecule has 0 radical (unpaired) electrons. The number of halogens is 1. The van der Waals surface area contributed by atoms with Gasteiger partial charge in [-0.05, 0) is 37.4 Å². The summed E-state index contributed by atoms with van der Waals surface area (Å²) < 4.78 is 19.4. The standard InChI is InChI=1S/C16H17FN2O2S/c1-11(22-2)16(20)19-12-6-7-15(14(17)9-12)21-10-13-5-3-4-8-18-13/h3-9,11H,10H2,1-2H3,(H,19,20)/t11-/m1/s1. The van der Waals surface area contributed by atoms with Gasteiger partial charge in [0.15, 0.2) is 11.6 Å². The Morgan fingerprint density at radius 3 is 2.86 bits per heavy atom. The average molecular weight is 320 g/mol. The lowest BCUT2D eigenvalue weighted by atomic mass is 10.2. The molecule has 2 rings (SSSR count). The number of benzene rings is 1. The van der Waals surface area contributed by atoms with Crippen molar-refractivity contribution in [2.45, 2.75) is 18.8 Å². The molecule has 0 fully saturated rings. The third kappa shape index (κ3) is 4.46. The van der Waals surface area contributed by atoms with Crippen LogP contribution in [0.3, 0.4) is 0 Å². The number of carbonyl (C=O) groups excluding carboxylic acids is 1. The Labute approximate surface area is 133 Å². The van der Waals surface area contributed by atoms with E-state index in [0.717, 1.165) is 0 Å². The normalized spacial score (nSPS) is 11.8. The molecule has 1 aromatic carbocycles. The molecule has 2 aromatic rings. The highest BCUT2D eigenvalue weighted by atomic mass is 32.2. The number of aromatic nitrogens is 1. The molecular formula is C16H17FN2O2S. The van der Waals surface area contributed by atoms with Crippen LogP contribution in [0.5, 0.6) is 5.75 Å². The molecule has 0 aliphatic heterocycles. The van der Waals surface area contributed by atoms with E-state index in [0.29, 0.717) is 11.4 Å². The van der Waals surface area contributed by atoms with Crippen LogP contribution in [0.2, 0.25) is 0 Å². The smallest absolute Gasteiger partial charge is 0.237 e. The maximum Gasteiger partial charge on any atom is 0.237 e. The van der Waals surface area contributed by atoms with E-state index in [2.05, 4.69) is 10.3 Å². The van der Waals surface area contributed by atoms with Gasteiger partial charge in [0.1, 0.15) is 6.61 Å². The fourth-order valence-electron chi connectivity index (χ4n) is 1.68. The lowest BCUT2D eigenvalue weighted by molar-refractivity contribution is -0.115. The number of nitrogens with one attached hydrogen (secondary N) is 1. The number of pyridine rings is 1. The molecule has 1 atom stereocenters. The van der Waals surface area contributed by atoms with E-state index < -0.39 is 5.82 Å². The molecule has 1 N–H and O–H groups in total. The lowest BCUT2D eigenvalue weighted by Crippen LogP contribution is -2.22. The molecule has 0 saturated carbocycles. The summed E-state index contributed by atoms with van der Waals surface area (Å²) >= 11 is 1.43. The number of nitrogens with zero attached hydrogens (tertiary/aromatic N) is 1. The highest BCUT2D eigenvalue weighted by molar-refractivity contribution is 7.99. The Bertz CT molecular complexity index is 637. The van der Waals surface area contributed by atoms with Crippen LogP contribution in [0, 0.1) is 5.82 Å². The van der Waals surface area contributed by atoms with Gasteiger partial charge < -0.3 is 10.1 Å². The largest absolute Gasteiger partial charge is 0.484 e. The molecule has 1 heterocycles. The van der Waals surface area contributed by atoms with Crippen molar-refractivity contribution in [2.75, 3.05) is 11.6 Å². The molecule has 0 unspecified atom stereocenters. The molecule has 116 valence electrons. The first kappa shape index (κ1) is 16.3. The van der Waals surface area contributed by atoms with Crippen LogP contribution in [0.1, 0.15) is 12.6 Å². The topological polar surface area (TPSA) is 51.2 Å². The van der Waals surface area contributed by atoms with E-state index in [-0.39, 0.29) is 23.5 Å². The van der Waals surface area contributed by atoms with Gasteiger partial charge in [-0.25, -0.2) is 4.39 Å². The summed E-state index contributed by atoms with van der Waals surface area (Å²) in [5.41, 5.74) is 1.13. The molecule has 22 heavy (non-hydrogen) atoms. The molecule has 0 bridgehead atoms. The molecule has 1 amide bonds. The molecule has 0 aliphatic rings. The molecule has 0 saturated heterocycles. The number of carbonyl (C=O) groups is 1. The van der Waals surface area contributed by atoms with Gasteiger partial charge in [-0.2, -0.15) is 11.8 Å². The fourth-order valence-corrected chi connectivity index (χ4v) is 1.95. The molecule has 6 heteroatoms. The Hall–Kier alpha value is -2.08. The summed E-state index contributed by atoms with van der Waals surface area (Å²) in [7, 11) is 0. The predicted octanol–water partition coefficient (Wildman–Crippen LogP) is 3.49. The Balaban J connectivity index is 1.99. The molecule has 0 spiro atoms. The minimum atomic E-state index is -0.523. The Morgan fingerprint density at radius 2 is 2.23 bits per heavy atom. The quantitative estimate of drug-likeness (QED) is 0.885. The molecule has 0 aliphatic carbocycles. The minimum absolute atomic E-state index is 0.126. The molecular weight excluding hydrogens is 303 g/mol. The highest BCUT2D eigenvalue weighted by Crippen LogP contribution is 2.22. The molecule has 4 nitrogen and oxygen atoms in total. The maximum absolute atomic E-state index is 14.0. The van der Waals surface area contributed by atoms with Crippen LogP contribution < -0.4 is 10.1 Å². The van der Waals surface area contributed by atoms with Crippen molar-refractivity contribution in [2.24, 2.45) is 0 Å². The Morgan fingerprint density at radius 1 is 1.41 bits per heavy atom. The second-order valence-corrected chi connectivity index (χ2v) is 5.80. The summed E-state index contributed by atoms with van der Waals surface area (Å²) in [6, 6.07) is 9.80. The van der Waals surface area contributed by atoms with E-state index in [1.54, 1.807) is 31.3 Å². The fraction of sp³-hybridized carbons (Fsp3) is 0.250. The zero-order chi connectivity index (χ0) is 15.9. The van der Waals surface area contributed by atoms with Crippen LogP contribution in [0.15, 0.2) is 42.6 Å². The number of ether oxygens (including phenoxy) is 1. The number of anilines is 1. The average Bonchev–Trinajstić information content (AvgIpc) is 2.54. The van der Waals surface area contributed by atoms with E-state index in [9.17, 15) is 9.18 Å². The number of hydrogen-bond donors (Lipinski definition) is 1. The second-order valence-electron chi connectivity index (χ2n) is 4.62. The van der Waals surface area contributed by atoms with Gasteiger partial charge in [0, 0.05) is 18.0 Å². The van der Waals surface area contributed by atoms with Crippen LogP contribution >= 0.6 is 11.8 Å². The third-order valence-corrected chi connectivity index (χ3v) is 3.95. The van der Waals surface area contributed by atoms with E-state index in [1.165, 1.54) is 23.9 Å². The molecule has 1 aromatic heterocycles. The summed E-state index contributed by atoms with van der Waals surface area (Å²) in [6.07, 6.45) is 3.50. The first-order chi connectivity index (χ1) is 10.6. The Kier molecular flexibility index (Phi) is 5.77. The van der Waals surface area contributed by atoms with Crippen molar-refractivity contribution in [3.8, 4) is 5.75 Å². The van der Waals surface area contributed by atoms with Gasteiger partial charge in [0.2, 0.25) is 5.91 Å². The van der Waals surface area contributed by atoms with Crippen molar-refractivity contribution >= 4 is 23.4 Å². The van der Waals surface area contributed by atoms with Gasteiger partial charge in [0.25, 0.3) is 0 Å². The lowest BCUT2D eigenvalue weighted by Gasteiger charge is -2.11. The SMILES string of the molecule is CS[C@H](C)C(=O)Nc1ccc(OCc2ccccn2)c(F)c1. The zero-order valence-corrected chi connectivity index (χ0v) is 13.2. The maximum atomic E-state index is 14.0. The number of rotatable bonds is 6. The van der Waals surface area contributed by atoms with Gasteiger partial charge in [-0.3, -0.25) is 9.78 Å². The summed E-state index contributed by atoms with van der Waals surface area (Å²) in [5, 5.41) is 2.48. The van der Waals surface area contributed by atoms with Crippen molar-refractivity contribution in [3.63, 3.8) is 0 Å². The summed E-state index contributed by atoms with van der Waals surface area (Å²) in [6.45, 7) is 1.98. The number of thioether (sulfide) groups is 1. The highest BCUT2D eigenvalue weighted by Gasteiger charge is 2.12. The first-order valence-corrected chi connectivity index (χ1v) is 8.05. The zero-order valence-electron chi connectivity index (χ0n) is 12.4. The van der Waals surface area contributed by atoms with Crippen LogP contribution in [0.25, 0.3) is 0 Å². The summed E-state index contributed by atoms with van der Waals surface area (Å²) in [5.74, 6) is -0.554.